The third kappa shape index (κ3) is 6.16. The number of hydrogen-bond acceptors (Lipinski definition) is 3. The van der Waals surface area contributed by atoms with E-state index < -0.39 is 5.41 Å². The van der Waals surface area contributed by atoms with Gasteiger partial charge in [-0.2, -0.15) is 0 Å². The average molecular weight is 802 g/mol. The Balaban J connectivity index is 1.05. The summed E-state index contributed by atoms with van der Waals surface area (Å²) in [6.07, 6.45) is 3.72. The molecule has 0 saturated carbocycles. The first-order valence-electron chi connectivity index (χ1n) is 21.5. The standard InChI is InChI=1S/C60H39N3/c1-3-13-43(14-4-1)57-39-58(44-15-5-2-6-16-44)63-59(62-57)48-18-12-20-50(36-48)60(55-23-9-7-21-51(55)52-22-8-10-24-56(52)60)49-19-11-17-45(35-49)47-30-28-42-26-25-41-27-29-46(37-53(41)54(42)38-47)40-31-33-61-34-32-40/h1-39H. The summed E-state index contributed by atoms with van der Waals surface area (Å²) >= 11 is 0. The van der Waals surface area contributed by atoms with Crippen LogP contribution < -0.4 is 0 Å². The highest BCUT2D eigenvalue weighted by atomic mass is 14.9. The molecule has 0 spiro atoms. The van der Waals surface area contributed by atoms with Crippen molar-refractivity contribution in [3.8, 4) is 67.3 Å². The SMILES string of the molecule is c1ccc(-c2cc(-c3ccccc3)nc(-c3cccc(C4(c5cccc(-c6ccc7ccc8ccc(-c9ccncc9)cc8c7c6)c5)c5ccccc5-c5ccccc54)c3)n2)cc1. The lowest BCUT2D eigenvalue weighted by atomic mass is 9.67. The molecule has 1 aliphatic carbocycles. The van der Waals surface area contributed by atoms with E-state index in [0.717, 1.165) is 39.2 Å². The Labute approximate surface area is 366 Å². The lowest BCUT2D eigenvalue weighted by molar-refractivity contribution is 0.769. The fourth-order valence-electron chi connectivity index (χ4n) is 9.89. The quantitative estimate of drug-likeness (QED) is 0.151. The van der Waals surface area contributed by atoms with E-state index in [1.807, 2.05) is 24.5 Å². The molecule has 0 saturated heterocycles. The highest BCUT2D eigenvalue weighted by molar-refractivity contribution is 6.10. The summed E-state index contributed by atoms with van der Waals surface area (Å²) in [6.45, 7) is 0. The summed E-state index contributed by atoms with van der Waals surface area (Å²) in [4.78, 5) is 14.8. The molecule has 0 amide bonds. The van der Waals surface area contributed by atoms with Crippen LogP contribution in [0.3, 0.4) is 0 Å². The van der Waals surface area contributed by atoms with Crippen LogP contribution in [-0.2, 0) is 5.41 Å². The first kappa shape index (κ1) is 36.6. The molecule has 3 heteroatoms. The molecule has 0 bridgehead atoms. The van der Waals surface area contributed by atoms with E-state index in [9.17, 15) is 0 Å². The Hall–Kier alpha value is -8.27. The highest BCUT2D eigenvalue weighted by Crippen LogP contribution is 2.56. The molecule has 0 radical (unpaired) electrons. The van der Waals surface area contributed by atoms with Crippen LogP contribution >= 0.6 is 0 Å². The minimum atomic E-state index is -0.624. The van der Waals surface area contributed by atoms with Crippen LogP contribution in [-0.4, -0.2) is 15.0 Å². The van der Waals surface area contributed by atoms with Crippen molar-refractivity contribution in [1.82, 2.24) is 15.0 Å². The van der Waals surface area contributed by atoms with Gasteiger partial charge in [0, 0.05) is 29.1 Å². The predicted molar refractivity (Wildman–Crippen MR) is 259 cm³/mol. The zero-order valence-electron chi connectivity index (χ0n) is 34.4. The molecule has 11 aromatic rings. The van der Waals surface area contributed by atoms with E-state index in [4.69, 9.17) is 9.97 Å². The van der Waals surface area contributed by atoms with Crippen molar-refractivity contribution in [2.45, 2.75) is 5.41 Å². The van der Waals surface area contributed by atoms with Crippen molar-refractivity contribution in [2.24, 2.45) is 0 Å². The molecular weight excluding hydrogens is 763 g/mol. The fraction of sp³-hybridized carbons (Fsp3) is 0.0167. The van der Waals surface area contributed by atoms with Crippen molar-refractivity contribution in [1.29, 1.82) is 0 Å². The molecule has 3 nitrogen and oxygen atoms in total. The Bertz CT molecular complexity index is 3400. The molecule has 2 heterocycles. The summed E-state index contributed by atoms with van der Waals surface area (Å²) in [5.74, 6) is 0.691. The molecule has 0 unspecified atom stereocenters. The summed E-state index contributed by atoms with van der Waals surface area (Å²) in [5, 5.41) is 4.91. The Morgan fingerprint density at radius 3 is 1.32 bits per heavy atom. The van der Waals surface area contributed by atoms with E-state index in [2.05, 4.69) is 217 Å². The summed E-state index contributed by atoms with van der Waals surface area (Å²) in [6, 6.07) is 81.2. The number of nitrogens with zero attached hydrogens (tertiary/aromatic N) is 3. The number of benzene rings is 9. The lowest BCUT2D eigenvalue weighted by Gasteiger charge is -2.34. The fourth-order valence-corrected chi connectivity index (χ4v) is 9.89. The van der Waals surface area contributed by atoms with Gasteiger partial charge < -0.3 is 0 Å². The molecule has 0 atom stereocenters. The summed E-state index contributed by atoms with van der Waals surface area (Å²) in [5.41, 5.74) is 16.3. The highest BCUT2D eigenvalue weighted by Gasteiger charge is 2.46. The van der Waals surface area contributed by atoms with Crippen LogP contribution in [0, 0.1) is 0 Å². The zero-order chi connectivity index (χ0) is 41.7. The molecule has 12 rings (SSSR count). The van der Waals surface area contributed by atoms with Crippen LogP contribution in [0.15, 0.2) is 237 Å². The second kappa shape index (κ2) is 15.0. The van der Waals surface area contributed by atoms with Gasteiger partial charge in [0.05, 0.1) is 16.8 Å². The van der Waals surface area contributed by atoms with E-state index in [-0.39, 0.29) is 0 Å². The van der Waals surface area contributed by atoms with E-state index in [1.165, 1.54) is 66.1 Å². The number of rotatable bonds is 7. The van der Waals surface area contributed by atoms with Crippen molar-refractivity contribution in [3.05, 3.63) is 259 Å². The van der Waals surface area contributed by atoms with Crippen molar-refractivity contribution < 1.29 is 0 Å². The van der Waals surface area contributed by atoms with Crippen molar-refractivity contribution in [2.75, 3.05) is 0 Å². The zero-order valence-corrected chi connectivity index (χ0v) is 34.4. The van der Waals surface area contributed by atoms with Crippen LogP contribution in [0.1, 0.15) is 22.3 Å². The number of hydrogen-bond donors (Lipinski definition) is 0. The largest absolute Gasteiger partial charge is 0.265 e. The van der Waals surface area contributed by atoms with Crippen LogP contribution in [0.4, 0.5) is 0 Å². The van der Waals surface area contributed by atoms with Gasteiger partial charge in [0.15, 0.2) is 5.82 Å². The van der Waals surface area contributed by atoms with Gasteiger partial charge in [-0.05, 0) is 120 Å². The van der Waals surface area contributed by atoms with Gasteiger partial charge in [0.25, 0.3) is 0 Å². The van der Waals surface area contributed by atoms with Gasteiger partial charge in [-0.3, -0.25) is 4.98 Å². The molecule has 63 heavy (non-hydrogen) atoms. The number of aromatic nitrogens is 3. The second-order valence-corrected chi connectivity index (χ2v) is 16.4. The molecule has 9 aromatic carbocycles. The Kier molecular flexibility index (Phi) is 8.72. The minimum Gasteiger partial charge on any atom is -0.265 e. The smallest absolute Gasteiger partial charge is 0.160 e. The Morgan fingerprint density at radius 1 is 0.302 bits per heavy atom. The molecule has 0 N–H and O–H groups in total. The normalized spacial score (nSPS) is 12.6. The van der Waals surface area contributed by atoms with Crippen molar-refractivity contribution >= 4 is 21.5 Å². The van der Waals surface area contributed by atoms with Crippen LogP contribution in [0.5, 0.6) is 0 Å². The molecule has 294 valence electrons. The van der Waals surface area contributed by atoms with Gasteiger partial charge in [-0.1, -0.05) is 182 Å². The predicted octanol–water partition coefficient (Wildman–Crippen LogP) is 14.9. The maximum absolute atomic E-state index is 5.26. The Morgan fingerprint density at radius 2 is 0.746 bits per heavy atom. The average Bonchev–Trinajstić information content (AvgIpc) is 3.68. The first-order valence-corrected chi connectivity index (χ1v) is 21.5. The van der Waals surface area contributed by atoms with E-state index >= 15 is 0 Å². The molecule has 0 aliphatic heterocycles. The molecule has 1 aliphatic rings. The van der Waals surface area contributed by atoms with Crippen LogP contribution in [0.2, 0.25) is 0 Å². The van der Waals surface area contributed by atoms with E-state index in [1.54, 1.807) is 0 Å². The van der Waals surface area contributed by atoms with Crippen molar-refractivity contribution in [3.63, 3.8) is 0 Å². The van der Waals surface area contributed by atoms with Gasteiger partial charge >= 0.3 is 0 Å². The topological polar surface area (TPSA) is 38.7 Å². The van der Waals surface area contributed by atoms with Gasteiger partial charge in [0.1, 0.15) is 0 Å². The monoisotopic (exact) mass is 801 g/mol. The maximum Gasteiger partial charge on any atom is 0.160 e. The van der Waals surface area contributed by atoms with Gasteiger partial charge in [0.2, 0.25) is 0 Å². The molecule has 0 fully saturated rings. The summed E-state index contributed by atoms with van der Waals surface area (Å²) < 4.78 is 0. The number of pyridine rings is 1. The molecule has 2 aromatic heterocycles. The number of fused-ring (bicyclic) bond motifs is 6. The first-order chi connectivity index (χ1) is 31.2. The lowest BCUT2D eigenvalue weighted by Crippen LogP contribution is -2.28. The second-order valence-electron chi connectivity index (χ2n) is 16.4. The minimum absolute atomic E-state index is 0.624. The third-order valence-electron chi connectivity index (χ3n) is 12.9. The van der Waals surface area contributed by atoms with Crippen LogP contribution in [0.25, 0.3) is 88.8 Å². The molecular formula is C60H39N3. The van der Waals surface area contributed by atoms with Gasteiger partial charge in [-0.25, -0.2) is 9.97 Å². The van der Waals surface area contributed by atoms with E-state index in [0.29, 0.717) is 5.82 Å². The summed E-state index contributed by atoms with van der Waals surface area (Å²) in [7, 11) is 0. The maximum atomic E-state index is 5.26. The third-order valence-corrected chi connectivity index (χ3v) is 12.9. The van der Waals surface area contributed by atoms with Gasteiger partial charge in [-0.15, -0.1) is 0 Å².